The second kappa shape index (κ2) is 14.0. The monoisotopic (exact) mass is 603 g/mol. The van der Waals surface area contributed by atoms with E-state index in [1.165, 1.54) is 0 Å². The molecular formula is C33H31Cl2N3O4. The third-order valence-corrected chi connectivity index (χ3v) is 7.22. The molecule has 0 bridgehead atoms. The van der Waals surface area contributed by atoms with Gasteiger partial charge in [-0.15, -0.1) is 11.6 Å². The molecule has 0 fully saturated rings. The number of alkyl halides is 1. The second-order valence-corrected chi connectivity index (χ2v) is 10.3. The molecule has 0 radical (unpaired) electrons. The van der Waals surface area contributed by atoms with E-state index in [9.17, 15) is 9.59 Å². The normalized spacial score (nSPS) is 12.7. The number of rotatable bonds is 12. The van der Waals surface area contributed by atoms with Gasteiger partial charge in [0, 0.05) is 34.2 Å². The maximum Gasteiger partial charge on any atom is 0.305 e. The molecule has 1 heterocycles. The molecule has 0 aliphatic rings. The number of fused-ring (bicyclic) bond motifs is 1. The number of aromatic nitrogens is 2. The average Bonchev–Trinajstić information content (AvgIpc) is 3.44. The molecule has 0 saturated carbocycles. The summed E-state index contributed by atoms with van der Waals surface area (Å²) in [6.45, 7) is 6.06. The van der Waals surface area contributed by atoms with Crippen LogP contribution in [0.4, 0.5) is 0 Å². The van der Waals surface area contributed by atoms with Gasteiger partial charge < -0.3 is 15.2 Å². The van der Waals surface area contributed by atoms with Gasteiger partial charge in [0.15, 0.2) is 0 Å². The van der Waals surface area contributed by atoms with Gasteiger partial charge in [0.2, 0.25) is 0 Å². The maximum absolute atomic E-state index is 12.4. The van der Waals surface area contributed by atoms with E-state index in [4.69, 9.17) is 38.1 Å². The fourth-order valence-corrected chi connectivity index (χ4v) is 4.95. The SMILES string of the molecule is C=C/C(=C\C(Cl)=C/CCl)c1cc(-c2ccc3cc(OC)ccc3c2)n(C(C)c2ccc(C(=O)NCCC(=O)O)cc2)n1. The minimum atomic E-state index is -0.966. The van der Waals surface area contributed by atoms with Crippen molar-refractivity contribution in [3.63, 3.8) is 0 Å². The predicted octanol–water partition coefficient (Wildman–Crippen LogP) is 7.46. The van der Waals surface area contributed by atoms with E-state index in [1.807, 2.05) is 54.1 Å². The minimum Gasteiger partial charge on any atom is -0.497 e. The van der Waals surface area contributed by atoms with Crippen LogP contribution in [0.3, 0.4) is 0 Å². The van der Waals surface area contributed by atoms with E-state index < -0.39 is 5.97 Å². The van der Waals surface area contributed by atoms with Crippen molar-refractivity contribution in [2.45, 2.75) is 19.4 Å². The Bertz CT molecular complexity index is 1670. The van der Waals surface area contributed by atoms with Crippen LogP contribution >= 0.6 is 23.2 Å². The number of carboxylic acid groups (broad SMARTS) is 1. The summed E-state index contributed by atoms with van der Waals surface area (Å²) in [5.74, 6) is -0.219. The Morgan fingerprint density at radius 2 is 1.81 bits per heavy atom. The summed E-state index contributed by atoms with van der Waals surface area (Å²) < 4.78 is 7.32. The molecular weight excluding hydrogens is 573 g/mol. The van der Waals surface area contributed by atoms with Crippen LogP contribution in [0, 0.1) is 0 Å². The Labute approximate surface area is 254 Å². The van der Waals surface area contributed by atoms with Crippen molar-refractivity contribution in [3.05, 3.63) is 113 Å². The van der Waals surface area contributed by atoms with E-state index in [1.54, 1.807) is 37.5 Å². The van der Waals surface area contributed by atoms with Gasteiger partial charge in [-0.3, -0.25) is 14.3 Å². The number of allylic oxidation sites excluding steroid dienone is 5. The Kier molecular flexibility index (Phi) is 10.2. The molecule has 0 saturated heterocycles. The lowest BCUT2D eigenvalue weighted by atomic mass is 10.0. The number of methoxy groups -OCH3 is 1. The number of hydrogen-bond acceptors (Lipinski definition) is 4. The third-order valence-electron chi connectivity index (χ3n) is 6.81. The Hall–Kier alpha value is -4.33. The summed E-state index contributed by atoms with van der Waals surface area (Å²) in [5, 5.41) is 19.0. The largest absolute Gasteiger partial charge is 0.497 e. The Morgan fingerprint density at radius 3 is 2.48 bits per heavy atom. The van der Waals surface area contributed by atoms with Gasteiger partial charge in [-0.1, -0.05) is 60.7 Å². The number of amides is 1. The summed E-state index contributed by atoms with van der Waals surface area (Å²) >= 11 is 12.2. The van der Waals surface area contributed by atoms with Crippen molar-refractivity contribution >= 4 is 51.4 Å². The number of benzene rings is 3. The number of halogens is 2. The first-order valence-electron chi connectivity index (χ1n) is 13.3. The molecule has 0 aliphatic carbocycles. The lowest BCUT2D eigenvalue weighted by Crippen LogP contribution is -2.26. The maximum atomic E-state index is 12.4. The molecule has 1 atom stereocenters. The van der Waals surface area contributed by atoms with Crippen molar-refractivity contribution in [1.29, 1.82) is 0 Å². The van der Waals surface area contributed by atoms with Gasteiger partial charge in [0.05, 0.1) is 31.0 Å². The molecule has 3 aromatic carbocycles. The van der Waals surface area contributed by atoms with E-state index in [-0.39, 0.29) is 30.8 Å². The lowest BCUT2D eigenvalue weighted by Gasteiger charge is -2.17. The molecule has 1 unspecified atom stereocenters. The molecule has 1 aromatic heterocycles. The summed E-state index contributed by atoms with van der Waals surface area (Å²) in [7, 11) is 1.65. The average molecular weight is 605 g/mol. The molecule has 9 heteroatoms. The Morgan fingerprint density at radius 1 is 1.10 bits per heavy atom. The second-order valence-electron chi connectivity index (χ2n) is 9.53. The number of nitrogens with one attached hydrogen (secondary N) is 1. The smallest absolute Gasteiger partial charge is 0.305 e. The number of carbonyl (C=O) groups is 2. The minimum absolute atomic E-state index is 0.0630. The molecule has 7 nitrogen and oxygen atoms in total. The Balaban J connectivity index is 1.74. The van der Waals surface area contributed by atoms with Crippen LogP contribution in [0.25, 0.3) is 27.6 Å². The topological polar surface area (TPSA) is 93.5 Å². The summed E-state index contributed by atoms with van der Waals surface area (Å²) in [6, 6.07) is 21.2. The fourth-order valence-electron chi connectivity index (χ4n) is 4.51. The molecule has 42 heavy (non-hydrogen) atoms. The first-order chi connectivity index (χ1) is 20.2. The standard InChI is InChI=1S/C33H31Cl2N3O4/c1-4-22(18-28(35)13-15-34)30-20-31(27-10-9-26-19-29(42-3)12-11-25(26)17-27)38(37-30)21(2)23-5-7-24(8-6-23)33(41)36-16-14-32(39)40/h4-13,17-21H,1,14-16H2,2-3H3,(H,36,41)(H,39,40)/b22-18+,28-13+. The van der Waals surface area contributed by atoms with Gasteiger partial charge in [-0.05, 0) is 65.7 Å². The summed E-state index contributed by atoms with van der Waals surface area (Å²) in [5.41, 5.74) is 4.67. The quantitative estimate of drug-likeness (QED) is 0.129. The third kappa shape index (κ3) is 7.29. The van der Waals surface area contributed by atoms with Crippen LogP contribution < -0.4 is 10.1 Å². The van der Waals surface area contributed by atoms with E-state index >= 15 is 0 Å². The van der Waals surface area contributed by atoms with Crippen LogP contribution in [0.5, 0.6) is 5.75 Å². The zero-order valence-electron chi connectivity index (χ0n) is 23.3. The number of aliphatic carboxylic acids is 1. The molecule has 216 valence electrons. The van der Waals surface area contributed by atoms with Gasteiger partial charge in [0.1, 0.15) is 5.75 Å². The first-order valence-corrected chi connectivity index (χ1v) is 14.2. The highest BCUT2D eigenvalue weighted by molar-refractivity contribution is 6.32. The van der Waals surface area contributed by atoms with Gasteiger partial charge in [0.25, 0.3) is 5.91 Å². The highest BCUT2D eigenvalue weighted by Gasteiger charge is 2.19. The summed E-state index contributed by atoms with van der Waals surface area (Å²) in [4.78, 5) is 23.2. The van der Waals surface area contributed by atoms with Crippen LogP contribution in [-0.4, -0.2) is 46.3 Å². The van der Waals surface area contributed by atoms with Crippen LogP contribution in [0.15, 0.2) is 96.6 Å². The van der Waals surface area contributed by atoms with Crippen molar-refractivity contribution in [3.8, 4) is 17.0 Å². The molecule has 1 amide bonds. The number of carboxylic acids is 1. The highest BCUT2D eigenvalue weighted by Crippen LogP contribution is 2.33. The fraction of sp³-hybridized carbons (Fsp3) is 0.182. The van der Waals surface area contributed by atoms with Crippen molar-refractivity contribution in [2.24, 2.45) is 0 Å². The highest BCUT2D eigenvalue weighted by atomic mass is 35.5. The molecule has 4 rings (SSSR count). The first kappa shape index (κ1) is 30.6. The van der Waals surface area contributed by atoms with Crippen molar-refractivity contribution in [2.75, 3.05) is 19.5 Å². The number of ether oxygens (including phenoxy) is 1. The van der Waals surface area contributed by atoms with E-state index in [0.29, 0.717) is 16.3 Å². The number of carbonyl (C=O) groups excluding carboxylic acids is 1. The lowest BCUT2D eigenvalue weighted by molar-refractivity contribution is -0.136. The molecule has 4 aromatic rings. The number of hydrogen-bond donors (Lipinski definition) is 2. The van der Waals surface area contributed by atoms with Crippen molar-refractivity contribution < 1.29 is 19.4 Å². The predicted molar refractivity (Wildman–Crippen MR) is 169 cm³/mol. The van der Waals surface area contributed by atoms with Gasteiger partial charge in [-0.25, -0.2) is 0 Å². The molecule has 0 spiro atoms. The van der Waals surface area contributed by atoms with Crippen LogP contribution in [-0.2, 0) is 4.79 Å². The van der Waals surface area contributed by atoms with E-state index in [0.717, 1.165) is 38.9 Å². The van der Waals surface area contributed by atoms with Crippen LogP contribution in [0.2, 0.25) is 0 Å². The molecule has 0 aliphatic heterocycles. The van der Waals surface area contributed by atoms with Crippen LogP contribution in [0.1, 0.15) is 41.0 Å². The summed E-state index contributed by atoms with van der Waals surface area (Å²) in [6.07, 6.45) is 5.05. The van der Waals surface area contributed by atoms with E-state index in [2.05, 4.69) is 24.0 Å². The zero-order chi connectivity index (χ0) is 30.2. The van der Waals surface area contributed by atoms with Crippen molar-refractivity contribution in [1.82, 2.24) is 15.1 Å². The van der Waals surface area contributed by atoms with Gasteiger partial charge >= 0.3 is 5.97 Å². The number of nitrogens with zero attached hydrogens (tertiary/aromatic N) is 2. The molecule has 2 N–H and O–H groups in total. The zero-order valence-corrected chi connectivity index (χ0v) is 24.8. The van der Waals surface area contributed by atoms with Gasteiger partial charge in [-0.2, -0.15) is 5.10 Å².